The van der Waals surface area contributed by atoms with Crippen LogP contribution in [-0.2, 0) is 65.4 Å². The van der Waals surface area contributed by atoms with E-state index in [9.17, 15) is 43.2 Å². The summed E-state index contributed by atoms with van der Waals surface area (Å²) in [4.78, 5) is 71.9. The molecule has 0 aromatic carbocycles. The van der Waals surface area contributed by atoms with Crippen LogP contribution in [0.15, 0.2) is 0 Å². The minimum absolute atomic E-state index is 0.104. The molecule has 17 nitrogen and oxygen atoms in total. The summed E-state index contributed by atoms with van der Waals surface area (Å²) in [7, 11) is -9.87. The van der Waals surface area contributed by atoms with Crippen molar-refractivity contribution in [2.45, 2.75) is 348 Å². The van der Waals surface area contributed by atoms with Crippen LogP contribution < -0.4 is 0 Å². The average Bonchev–Trinajstić information content (AvgIpc) is 3.47. The Morgan fingerprint density at radius 1 is 0.289 bits per heavy atom. The number of carbonyl (C=O) groups is 4. The largest absolute Gasteiger partial charge is 0.472 e. The number of aliphatic hydroxyl groups excluding tert-OH is 1. The molecule has 19 heteroatoms. The Bertz CT molecular complexity index is 1600. The second-order valence-electron chi connectivity index (χ2n) is 23.2. The van der Waals surface area contributed by atoms with Gasteiger partial charge in [-0.2, -0.15) is 0 Å². The fraction of sp³-hybridized carbons (Fsp3) is 0.938. The van der Waals surface area contributed by atoms with Crippen LogP contribution in [-0.4, -0.2) is 96.7 Å². The van der Waals surface area contributed by atoms with Crippen LogP contribution in [0.25, 0.3) is 0 Å². The van der Waals surface area contributed by atoms with E-state index in [2.05, 4.69) is 27.7 Å². The van der Waals surface area contributed by atoms with E-state index >= 15 is 0 Å². The molecule has 2 unspecified atom stereocenters. The van der Waals surface area contributed by atoms with Gasteiger partial charge in [0.2, 0.25) is 0 Å². The Balaban J connectivity index is 5.11. The van der Waals surface area contributed by atoms with Gasteiger partial charge >= 0.3 is 39.5 Å². The first-order chi connectivity index (χ1) is 40.2. The Kier molecular flexibility index (Phi) is 57.7. The van der Waals surface area contributed by atoms with E-state index < -0.39 is 97.5 Å². The van der Waals surface area contributed by atoms with Gasteiger partial charge in [-0.1, -0.05) is 278 Å². The van der Waals surface area contributed by atoms with E-state index in [1.54, 1.807) is 0 Å². The van der Waals surface area contributed by atoms with Gasteiger partial charge < -0.3 is 33.8 Å². The maximum absolute atomic E-state index is 13.0. The first-order valence-electron chi connectivity index (χ1n) is 33.8. The lowest BCUT2D eigenvalue weighted by molar-refractivity contribution is -0.161. The van der Waals surface area contributed by atoms with Gasteiger partial charge in [0.25, 0.3) is 0 Å². The van der Waals surface area contributed by atoms with Crippen molar-refractivity contribution in [3.8, 4) is 0 Å². The number of phosphoric acid groups is 2. The summed E-state index contributed by atoms with van der Waals surface area (Å²) in [6, 6.07) is 0. The first kappa shape index (κ1) is 81.1. The van der Waals surface area contributed by atoms with Crippen LogP contribution in [0.5, 0.6) is 0 Å². The van der Waals surface area contributed by atoms with Crippen molar-refractivity contribution < 1.29 is 80.2 Å². The van der Waals surface area contributed by atoms with Crippen LogP contribution in [0.4, 0.5) is 0 Å². The number of hydrogen-bond donors (Lipinski definition) is 3. The molecule has 0 heterocycles. The highest BCUT2D eigenvalue weighted by molar-refractivity contribution is 7.47. The molecule has 0 aromatic heterocycles. The molecule has 0 saturated carbocycles. The highest BCUT2D eigenvalue weighted by atomic mass is 31.2. The van der Waals surface area contributed by atoms with Crippen LogP contribution in [0.3, 0.4) is 0 Å². The Hall–Kier alpha value is -1.94. The van der Waals surface area contributed by atoms with Crippen molar-refractivity contribution in [1.29, 1.82) is 0 Å². The van der Waals surface area contributed by atoms with Gasteiger partial charge in [0.15, 0.2) is 12.2 Å². The maximum Gasteiger partial charge on any atom is 0.472 e. The molecule has 0 aliphatic rings. The van der Waals surface area contributed by atoms with E-state index in [-0.39, 0.29) is 25.7 Å². The number of rotatable bonds is 65. The topological polar surface area (TPSA) is 237 Å². The number of carbonyl (C=O) groups excluding carboxylic acids is 4. The predicted molar refractivity (Wildman–Crippen MR) is 331 cm³/mol. The van der Waals surface area contributed by atoms with Crippen molar-refractivity contribution in [2.75, 3.05) is 39.6 Å². The van der Waals surface area contributed by atoms with Gasteiger partial charge in [-0.15, -0.1) is 0 Å². The summed E-state index contributed by atoms with van der Waals surface area (Å²) < 4.78 is 67.8. The van der Waals surface area contributed by atoms with E-state index in [1.807, 2.05) is 0 Å². The normalized spacial score (nSPS) is 14.2. The van der Waals surface area contributed by atoms with E-state index in [1.165, 1.54) is 135 Å². The Morgan fingerprint density at radius 3 is 0.711 bits per heavy atom. The molecule has 0 amide bonds. The molecule has 0 aliphatic carbocycles. The number of phosphoric ester groups is 2. The molecule has 0 aromatic rings. The monoisotopic (exact) mass is 1230 g/mol. The smallest absolute Gasteiger partial charge is 0.462 e. The fourth-order valence-corrected chi connectivity index (χ4v) is 11.2. The van der Waals surface area contributed by atoms with Gasteiger partial charge in [0.1, 0.15) is 19.3 Å². The summed E-state index contributed by atoms with van der Waals surface area (Å²) in [5, 5.41) is 10.5. The standard InChI is InChI=1S/C64H124O17P2/c1-5-9-13-17-21-23-25-26-27-28-29-30-31-32-33-35-39-43-47-51-64(69)81-60(55-75-62(67)49-45-41-38-34-24-22-18-14-10-6-2)57-79-83(72,73)77-53-58(65)52-76-82(70,71)78-56-59(80-63(68)50-46-42-37-20-16-12-8-4)54-74-61(66)48-44-40-36-19-15-11-7-3/h58-60,65H,5-57H2,1-4H3,(H,70,71)(H,72,73)/t58-,59+,60+/m0/s1. The molecule has 0 bridgehead atoms. The third-order valence-corrected chi connectivity index (χ3v) is 16.8. The molecular formula is C64H124O17P2. The summed E-state index contributed by atoms with van der Waals surface area (Å²) in [6.07, 6.45) is 44.8. The fourth-order valence-electron chi connectivity index (χ4n) is 9.63. The zero-order chi connectivity index (χ0) is 61.2. The molecular weight excluding hydrogens is 1100 g/mol. The molecule has 0 radical (unpaired) electrons. The number of hydrogen-bond acceptors (Lipinski definition) is 15. The number of ether oxygens (including phenoxy) is 4. The van der Waals surface area contributed by atoms with Crippen molar-refractivity contribution in [1.82, 2.24) is 0 Å². The first-order valence-corrected chi connectivity index (χ1v) is 36.8. The lowest BCUT2D eigenvalue weighted by Gasteiger charge is -2.21. The summed E-state index contributed by atoms with van der Waals surface area (Å²) in [5.74, 6) is -2.14. The van der Waals surface area contributed by atoms with E-state index in [0.29, 0.717) is 25.7 Å². The Morgan fingerprint density at radius 2 is 0.482 bits per heavy atom. The number of aliphatic hydroxyl groups is 1. The lowest BCUT2D eigenvalue weighted by Crippen LogP contribution is -2.30. The van der Waals surface area contributed by atoms with Crippen molar-refractivity contribution >= 4 is 39.5 Å². The molecule has 0 spiro atoms. The number of unbranched alkanes of at least 4 members (excludes halogenated alkanes) is 39. The third kappa shape index (κ3) is 58.8. The summed E-state index contributed by atoms with van der Waals surface area (Å²) in [6.45, 7) is 4.80. The Labute approximate surface area is 505 Å². The van der Waals surface area contributed by atoms with Gasteiger partial charge in [0, 0.05) is 25.7 Å². The van der Waals surface area contributed by atoms with Gasteiger partial charge in [0.05, 0.1) is 26.4 Å². The van der Waals surface area contributed by atoms with Crippen LogP contribution in [0, 0.1) is 0 Å². The molecule has 0 aliphatic heterocycles. The highest BCUT2D eigenvalue weighted by Gasteiger charge is 2.30. The van der Waals surface area contributed by atoms with Crippen molar-refractivity contribution in [3.05, 3.63) is 0 Å². The quantitative estimate of drug-likeness (QED) is 0.0222. The minimum Gasteiger partial charge on any atom is -0.462 e. The predicted octanol–water partition coefficient (Wildman–Crippen LogP) is 17.9. The van der Waals surface area contributed by atoms with Gasteiger partial charge in [-0.05, 0) is 25.7 Å². The van der Waals surface area contributed by atoms with Crippen LogP contribution >= 0.6 is 15.6 Å². The summed E-state index contributed by atoms with van der Waals surface area (Å²) >= 11 is 0. The van der Waals surface area contributed by atoms with Gasteiger partial charge in [-0.25, -0.2) is 9.13 Å². The number of esters is 4. The molecule has 0 rings (SSSR count). The second-order valence-corrected chi connectivity index (χ2v) is 26.1. The van der Waals surface area contributed by atoms with Gasteiger partial charge in [-0.3, -0.25) is 37.3 Å². The molecule has 0 fully saturated rings. The van der Waals surface area contributed by atoms with Crippen molar-refractivity contribution in [2.24, 2.45) is 0 Å². The highest BCUT2D eigenvalue weighted by Crippen LogP contribution is 2.45. The van der Waals surface area contributed by atoms with E-state index in [0.717, 1.165) is 116 Å². The zero-order valence-corrected chi connectivity index (χ0v) is 54.9. The molecule has 492 valence electrons. The van der Waals surface area contributed by atoms with Crippen molar-refractivity contribution in [3.63, 3.8) is 0 Å². The molecule has 5 atom stereocenters. The maximum atomic E-state index is 13.0. The SMILES string of the molecule is CCCCCCCCCCCCCCCCCCCCCC(=O)O[C@H](COC(=O)CCCCCCCCCCCC)COP(=O)(O)OC[C@@H](O)COP(=O)(O)OC[C@@H](COC(=O)CCCCCCCCC)OC(=O)CCCCCCCCC. The second kappa shape index (κ2) is 59.0. The van der Waals surface area contributed by atoms with Crippen LogP contribution in [0.1, 0.15) is 329 Å². The molecule has 0 saturated heterocycles. The molecule has 3 N–H and O–H groups in total. The summed E-state index contributed by atoms with van der Waals surface area (Å²) in [5.41, 5.74) is 0. The average molecular weight is 1230 g/mol. The lowest BCUT2D eigenvalue weighted by atomic mass is 10.0. The zero-order valence-electron chi connectivity index (χ0n) is 53.2. The minimum atomic E-state index is -4.94. The molecule has 83 heavy (non-hydrogen) atoms. The van der Waals surface area contributed by atoms with Crippen LogP contribution in [0.2, 0.25) is 0 Å². The van der Waals surface area contributed by atoms with E-state index in [4.69, 9.17) is 37.0 Å². The third-order valence-electron chi connectivity index (χ3n) is 14.9.